The predicted octanol–water partition coefficient (Wildman–Crippen LogP) is 3.18. The summed E-state index contributed by atoms with van der Waals surface area (Å²) in [5, 5.41) is 3.00. The lowest BCUT2D eigenvalue weighted by atomic mass is 9.95. The maximum absolute atomic E-state index is 13.0. The monoisotopic (exact) mass is 349 g/mol. The van der Waals surface area contributed by atoms with Crippen LogP contribution < -0.4 is 5.32 Å². The van der Waals surface area contributed by atoms with Gasteiger partial charge in [-0.3, -0.25) is 4.79 Å². The van der Waals surface area contributed by atoms with Gasteiger partial charge < -0.3 is 15.1 Å². The van der Waals surface area contributed by atoms with Crippen molar-refractivity contribution < 1.29 is 14.0 Å². The molecule has 0 bridgehead atoms. The number of urea groups is 1. The van der Waals surface area contributed by atoms with Gasteiger partial charge in [-0.25, -0.2) is 9.18 Å². The Balaban J connectivity index is 1.84. The van der Waals surface area contributed by atoms with Gasteiger partial charge in [-0.1, -0.05) is 12.1 Å². The zero-order valence-corrected chi connectivity index (χ0v) is 15.3. The molecule has 25 heavy (non-hydrogen) atoms. The molecule has 2 rings (SSSR count). The Bertz CT molecular complexity index is 579. The van der Waals surface area contributed by atoms with E-state index >= 15 is 0 Å². The molecule has 0 aliphatic carbocycles. The number of amides is 3. The highest BCUT2D eigenvalue weighted by molar-refractivity contribution is 5.80. The van der Waals surface area contributed by atoms with Crippen molar-refractivity contribution >= 4 is 11.9 Å². The van der Waals surface area contributed by atoms with Gasteiger partial charge >= 0.3 is 6.03 Å². The van der Waals surface area contributed by atoms with Crippen LogP contribution in [0, 0.1) is 11.7 Å². The molecular weight excluding hydrogens is 321 g/mol. The number of rotatable bonds is 5. The van der Waals surface area contributed by atoms with Crippen LogP contribution in [-0.2, 0) is 4.79 Å². The van der Waals surface area contributed by atoms with E-state index in [0.717, 1.165) is 5.56 Å². The van der Waals surface area contributed by atoms with Crippen molar-refractivity contribution in [2.75, 3.05) is 26.2 Å². The summed E-state index contributed by atoms with van der Waals surface area (Å²) in [6, 6.07) is 6.06. The third-order valence-corrected chi connectivity index (χ3v) is 4.90. The number of piperidine rings is 1. The van der Waals surface area contributed by atoms with Gasteiger partial charge in [0.2, 0.25) is 5.91 Å². The summed E-state index contributed by atoms with van der Waals surface area (Å²) in [6.07, 6.45) is 1.35. The van der Waals surface area contributed by atoms with Crippen LogP contribution in [0.4, 0.5) is 9.18 Å². The number of nitrogens with one attached hydrogen (secondary N) is 1. The van der Waals surface area contributed by atoms with Crippen molar-refractivity contribution in [3.05, 3.63) is 35.6 Å². The molecule has 6 heteroatoms. The Kier molecular flexibility index (Phi) is 6.79. The average molecular weight is 349 g/mol. The number of benzene rings is 1. The Morgan fingerprint density at radius 2 is 1.76 bits per heavy atom. The zero-order valence-electron chi connectivity index (χ0n) is 15.3. The Morgan fingerprint density at radius 3 is 2.28 bits per heavy atom. The van der Waals surface area contributed by atoms with Crippen LogP contribution in [0.15, 0.2) is 24.3 Å². The van der Waals surface area contributed by atoms with Crippen molar-refractivity contribution in [2.24, 2.45) is 5.92 Å². The lowest BCUT2D eigenvalue weighted by Gasteiger charge is -2.35. The van der Waals surface area contributed by atoms with Gasteiger partial charge in [0.15, 0.2) is 0 Å². The van der Waals surface area contributed by atoms with Crippen LogP contribution >= 0.6 is 0 Å². The van der Waals surface area contributed by atoms with E-state index in [1.54, 1.807) is 17.0 Å². The molecule has 0 saturated carbocycles. The quantitative estimate of drug-likeness (QED) is 0.888. The molecule has 1 saturated heterocycles. The third-order valence-electron chi connectivity index (χ3n) is 4.90. The molecule has 0 radical (unpaired) electrons. The van der Waals surface area contributed by atoms with Crippen LogP contribution in [-0.4, -0.2) is 47.9 Å². The second-order valence-electron chi connectivity index (χ2n) is 6.50. The molecule has 1 aromatic rings. The first kappa shape index (κ1) is 19.2. The SMILES string of the molecule is CCN(CC)C(=O)N1CCC(C(=O)N[C@@H](C)c2ccc(F)cc2)CC1. The predicted molar refractivity (Wildman–Crippen MR) is 95.6 cm³/mol. The first-order chi connectivity index (χ1) is 12.0. The van der Waals surface area contributed by atoms with E-state index in [1.165, 1.54) is 12.1 Å². The first-order valence-corrected chi connectivity index (χ1v) is 9.05. The number of nitrogens with zero attached hydrogens (tertiary/aromatic N) is 2. The Morgan fingerprint density at radius 1 is 1.20 bits per heavy atom. The molecule has 1 aliphatic rings. The second kappa shape index (κ2) is 8.83. The summed E-state index contributed by atoms with van der Waals surface area (Å²) in [5.41, 5.74) is 0.879. The Labute approximate surface area is 149 Å². The fourth-order valence-corrected chi connectivity index (χ4v) is 3.19. The zero-order chi connectivity index (χ0) is 18.4. The lowest BCUT2D eigenvalue weighted by Crippen LogP contribution is -2.48. The van der Waals surface area contributed by atoms with Gasteiger partial charge in [-0.2, -0.15) is 0 Å². The summed E-state index contributed by atoms with van der Waals surface area (Å²) in [4.78, 5) is 28.5. The molecule has 1 aromatic carbocycles. The maximum atomic E-state index is 13.0. The normalized spacial score (nSPS) is 16.4. The van der Waals surface area contributed by atoms with Crippen molar-refractivity contribution in [3.63, 3.8) is 0 Å². The van der Waals surface area contributed by atoms with Crippen molar-refractivity contribution in [3.8, 4) is 0 Å². The van der Waals surface area contributed by atoms with Gasteiger partial charge in [-0.15, -0.1) is 0 Å². The minimum atomic E-state index is -0.285. The molecule has 1 aliphatic heterocycles. The van der Waals surface area contributed by atoms with Crippen molar-refractivity contribution in [1.29, 1.82) is 0 Å². The highest BCUT2D eigenvalue weighted by Gasteiger charge is 2.29. The van der Waals surface area contributed by atoms with E-state index in [1.807, 2.05) is 25.7 Å². The summed E-state index contributed by atoms with van der Waals surface area (Å²) in [6.45, 7) is 8.45. The summed E-state index contributed by atoms with van der Waals surface area (Å²) in [5.74, 6) is -0.358. The average Bonchev–Trinajstić information content (AvgIpc) is 2.63. The lowest BCUT2D eigenvalue weighted by molar-refractivity contribution is -0.127. The number of hydrogen-bond donors (Lipinski definition) is 1. The highest BCUT2D eigenvalue weighted by atomic mass is 19.1. The van der Waals surface area contributed by atoms with E-state index in [-0.39, 0.29) is 29.7 Å². The molecular formula is C19H28FN3O2. The van der Waals surface area contributed by atoms with Gasteiger partial charge in [0.1, 0.15) is 5.82 Å². The number of likely N-dealkylation sites (tertiary alicyclic amines) is 1. The van der Waals surface area contributed by atoms with Crippen LogP contribution in [0.1, 0.15) is 45.2 Å². The maximum Gasteiger partial charge on any atom is 0.319 e. The number of carbonyl (C=O) groups is 2. The molecule has 0 aromatic heterocycles. The van der Waals surface area contributed by atoms with Crippen molar-refractivity contribution in [1.82, 2.24) is 15.1 Å². The molecule has 1 atom stereocenters. The van der Waals surface area contributed by atoms with Crippen LogP contribution in [0.2, 0.25) is 0 Å². The van der Waals surface area contributed by atoms with Crippen LogP contribution in [0.5, 0.6) is 0 Å². The summed E-state index contributed by atoms with van der Waals surface area (Å²) in [7, 11) is 0. The smallest absolute Gasteiger partial charge is 0.319 e. The fourth-order valence-electron chi connectivity index (χ4n) is 3.19. The van der Waals surface area contributed by atoms with Crippen LogP contribution in [0.3, 0.4) is 0 Å². The third kappa shape index (κ3) is 4.94. The van der Waals surface area contributed by atoms with E-state index in [9.17, 15) is 14.0 Å². The summed E-state index contributed by atoms with van der Waals surface area (Å²) < 4.78 is 13.0. The molecule has 5 nitrogen and oxygen atoms in total. The molecule has 3 amide bonds. The molecule has 0 unspecified atom stereocenters. The molecule has 1 heterocycles. The molecule has 1 N–H and O–H groups in total. The summed E-state index contributed by atoms with van der Waals surface area (Å²) >= 11 is 0. The number of carbonyl (C=O) groups excluding carboxylic acids is 2. The van der Waals surface area contributed by atoms with E-state index in [4.69, 9.17) is 0 Å². The molecule has 1 fully saturated rings. The van der Waals surface area contributed by atoms with Gasteiger partial charge in [0.25, 0.3) is 0 Å². The molecule has 138 valence electrons. The van der Waals surface area contributed by atoms with Gasteiger partial charge in [0, 0.05) is 32.1 Å². The standard InChI is InChI=1S/C19H28FN3O2/c1-4-22(5-2)19(25)23-12-10-16(11-13-23)18(24)21-14(3)15-6-8-17(20)9-7-15/h6-9,14,16H,4-5,10-13H2,1-3H3,(H,21,24)/t14-/m0/s1. The highest BCUT2D eigenvalue weighted by Crippen LogP contribution is 2.21. The van der Waals surface area contributed by atoms with E-state index in [0.29, 0.717) is 39.0 Å². The van der Waals surface area contributed by atoms with Crippen LogP contribution in [0.25, 0.3) is 0 Å². The fraction of sp³-hybridized carbons (Fsp3) is 0.579. The minimum Gasteiger partial charge on any atom is -0.349 e. The minimum absolute atomic E-state index is 0.00626. The first-order valence-electron chi connectivity index (χ1n) is 9.05. The largest absolute Gasteiger partial charge is 0.349 e. The van der Waals surface area contributed by atoms with E-state index < -0.39 is 0 Å². The van der Waals surface area contributed by atoms with Gasteiger partial charge in [0.05, 0.1) is 6.04 Å². The number of halogens is 1. The topological polar surface area (TPSA) is 52.7 Å². The second-order valence-corrected chi connectivity index (χ2v) is 6.50. The number of hydrogen-bond acceptors (Lipinski definition) is 2. The van der Waals surface area contributed by atoms with Crippen molar-refractivity contribution in [2.45, 2.75) is 39.7 Å². The Hall–Kier alpha value is -2.11. The molecule has 0 spiro atoms. The van der Waals surface area contributed by atoms with E-state index in [2.05, 4.69) is 5.32 Å². The van der Waals surface area contributed by atoms with Gasteiger partial charge in [-0.05, 0) is 51.3 Å².